The molecule has 0 radical (unpaired) electrons. The van der Waals surface area contributed by atoms with Crippen molar-refractivity contribution < 1.29 is 13.2 Å². The van der Waals surface area contributed by atoms with Crippen LogP contribution >= 0.6 is 0 Å². The van der Waals surface area contributed by atoms with E-state index in [-0.39, 0.29) is 5.56 Å². The van der Waals surface area contributed by atoms with E-state index in [1.807, 2.05) is 6.92 Å². The highest BCUT2D eigenvalue weighted by Gasteiger charge is 2.32. The minimum Gasteiger partial charge on any atom is -0.310 e. The van der Waals surface area contributed by atoms with Gasteiger partial charge in [-0.15, -0.1) is 5.10 Å². The first-order valence-corrected chi connectivity index (χ1v) is 6.59. The Kier molecular flexibility index (Phi) is 4.56. The molecule has 8 heteroatoms. The second-order valence-corrected chi connectivity index (χ2v) is 4.68. The third-order valence-electron chi connectivity index (χ3n) is 3.02. The number of tetrazole rings is 1. The summed E-state index contributed by atoms with van der Waals surface area (Å²) in [5, 5.41) is 14.3. The van der Waals surface area contributed by atoms with Gasteiger partial charge in [0.15, 0.2) is 5.82 Å². The molecule has 114 valence electrons. The smallest absolute Gasteiger partial charge is 0.310 e. The van der Waals surface area contributed by atoms with Crippen molar-refractivity contribution in [1.82, 2.24) is 25.5 Å². The Hall–Kier alpha value is -1.96. The third-order valence-corrected chi connectivity index (χ3v) is 3.02. The van der Waals surface area contributed by atoms with Crippen molar-refractivity contribution in [3.8, 4) is 5.69 Å². The van der Waals surface area contributed by atoms with Crippen LogP contribution in [0.3, 0.4) is 0 Å². The van der Waals surface area contributed by atoms with Gasteiger partial charge in [-0.1, -0.05) is 13.0 Å². The Morgan fingerprint density at radius 3 is 2.71 bits per heavy atom. The molecule has 5 nitrogen and oxygen atoms in total. The fourth-order valence-electron chi connectivity index (χ4n) is 1.94. The Balaban J connectivity index is 2.33. The highest BCUT2D eigenvalue weighted by molar-refractivity contribution is 5.41. The van der Waals surface area contributed by atoms with Crippen LogP contribution in [0.25, 0.3) is 5.69 Å². The number of alkyl halides is 3. The van der Waals surface area contributed by atoms with Gasteiger partial charge in [0.05, 0.1) is 17.8 Å². The van der Waals surface area contributed by atoms with E-state index in [0.717, 1.165) is 19.0 Å². The molecule has 0 atom stereocenters. The maximum atomic E-state index is 12.9. The first-order chi connectivity index (χ1) is 9.93. The number of nitrogens with one attached hydrogen (secondary N) is 1. The van der Waals surface area contributed by atoms with Crippen LogP contribution < -0.4 is 5.32 Å². The van der Waals surface area contributed by atoms with E-state index in [1.165, 1.54) is 17.7 Å². The molecule has 0 spiro atoms. The van der Waals surface area contributed by atoms with E-state index in [2.05, 4.69) is 20.8 Å². The van der Waals surface area contributed by atoms with E-state index in [1.54, 1.807) is 6.07 Å². The lowest BCUT2D eigenvalue weighted by atomic mass is 10.1. The molecule has 0 aliphatic carbocycles. The van der Waals surface area contributed by atoms with Crippen LogP contribution in [-0.4, -0.2) is 26.8 Å². The monoisotopic (exact) mass is 299 g/mol. The number of rotatable bonds is 5. The molecule has 1 heterocycles. The fourth-order valence-corrected chi connectivity index (χ4v) is 1.94. The molecule has 0 aliphatic heterocycles. The lowest BCUT2D eigenvalue weighted by Gasteiger charge is -2.12. The van der Waals surface area contributed by atoms with Gasteiger partial charge in [0.2, 0.25) is 0 Å². The van der Waals surface area contributed by atoms with Crippen LogP contribution in [0.1, 0.15) is 30.3 Å². The van der Waals surface area contributed by atoms with Gasteiger partial charge in [0.1, 0.15) is 0 Å². The lowest BCUT2D eigenvalue weighted by Crippen LogP contribution is -2.18. The van der Waals surface area contributed by atoms with Gasteiger partial charge >= 0.3 is 6.18 Å². The molecule has 2 rings (SSSR count). The minimum absolute atomic E-state index is 0.171. The van der Waals surface area contributed by atoms with Crippen molar-refractivity contribution in [1.29, 1.82) is 0 Å². The van der Waals surface area contributed by atoms with Gasteiger partial charge in [-0.3, -0.25) is 0 Å². The van der Waals surface area contributed by atoms with Crippen molar-refractivity contribution in [3.63, 3.8) is 0 Å². The van der Waals surface area contributed by atoms with Gasteiger partial charge < -0.3 is 5.32 Å². The van der Waals surface area contributed by atoms with Crippen LogP contribution in [0.5, 0.6) is 0 Å². The summed E-state index contributed by atoms with van der Waals surface area (Å²) >= 11 is 0. The Bertz CT molecular complexity index is 606. The zero-order valence-electron chi connectivity index (χ0n) is 11.8. The Morgan fingerprint density at radius 2 is 2.05 bits per heavy atom. The van der Waals surface area contributed by atoms with E-state index in [0.29, 0.717) is 18.1 Å². The summed E-state index contributed by atoms with van der Waals surface area (Å²) in [5.74, 6) is 0.473. The Morgan fingerprint density at radius 1 is 1.29 bits per heavy atom. The van der Waals surface area contributed by atoms with Crippen LogP contribution in [0.15, 0.2) is 18.2 Å². The molecule has 0 fully saturated rings. The maximum absolute atomic E-state index is 12.9. The van der Waals surface area contributed by atoms with Crippen molar-refractivity contribution in [2.24, 2.45) is 0 Å². The number of hydrogen-bond acceptors (Lipinski definition) is 4. The standard InChI is InChI=1S/C13H16F3N5/c1-3-6-17-8-12-18-19-20-21(12)10-5-4-9(2)11(7-10)13(14,15)16/h4-5,7,17H,3,6,8H2,1-2H3. The molecular formula is C13H16F3N5. The molecule has 0 saturated heterocycles. The Labute approximate surface area is 120 Å². The number of aryl methyl sites for hydroxylation is 1. The molecule has 0 bridgehead atoms. The molecule has 0 saturated carbocycles. The lowest BCUT2D eigenvalue weighted by molar-refractivity contribution is -0.138. The molecule has 0 aliphatic rings. The molecule has 0 amide bonds. The minimum atomic E-state index is -4.39. The summed E-state index contributed by atoms with van der Waals surface area (Å²) in [6.07, 6.45) is -3.45. The zero-order valence-corrected chi connectivity index (χ0v) is 11.8. The maximum Gasteiger partial charge on any atom is 0.416 e. The topological polar surface area (TPSA) is 55.6 Å². The van der Waals surface area contributed by atoms with Crippen molar-refractivity contribution >= 4 is 0 Å². The number of nitrogens with zero attached hydrogens (tertiary/aromatic N) is 4. The van der Waals surface area contributed by atoms with Crippen molar-refractivity contribution in [2.45, 2.75) is 33.0 Å². The van der Waals surface area contributed by atoms with Gasteiger partial charge in [0.25, 0.3) is 0 Å². The highest BCUT2D eigenvalue weighted by atomic mass is 19.4. The average Bonchev–Trinajstić information content (AvgIpc) is 2.87. The summed E-state index contributed by atoms with van der Waals surface area (Å²) in [6, 6.07) is 4.06. The summed E-state index contributed by atoms with van der Waals surface area (Å²) in [6.45, 7) is 4.63. The van der Waals surface area contributed by atoms with Gasteiger partial charge in [-0.2, -0.15) is 17.9 Å². The summed E-state index contributed by atoms with van der Waals surface area (Å²) in [4.78, 5) is 0. The second-order valence-electron chi connectivity index (χ2n) is 4.68. The van der Waals surface area contributed by atoms with Gasteiger partial charge in [-0.25, -0.2) is 0 Å². The van der Waals surface area contributed by atoms with Crippen LogP contribution in [-0.2, 0) is 12.7 Å². The summed E-state index contributed by atoms with van der Waals surface area (Å²) < 4.78 is 40.2. The van der Waals surface area contributed by atoms with Crippen LogP contribution in [0.4, 0.5) is 13.2 Å². The number of benzene rings is 1. The third kappa shape index (κ3) is 3.57. The normalized spacial score (nSPS) is 11.9. The molecule has 2 aromatic rings. The van der Waals surface area contributed by atoms with E-state index in [4.69, 9.17) is 0 Å². The van der Waals surface area contributed by atoms with E-state index in [9.17, 15) is 13.2 Å². The molecule has 1 N–H and O–H groups in total. The number of halogens is 3. The first-order valence-electron chi connectivity index (χ1n) is 6.59. The van der Waals surface area contributed by atoms with E-state index >= 15 is 0 Å². The summed E-state index contributed by atoms with van der Waals surface area (Å²) in [7, 11) is 0. The molecule has 0 unspecified atom stereocenters. The summed E-state index contributed by atoms with van der Waals surface area (Å²) in [5.41, 5.74) is -0.209. The SMILES string of the molecule is CCCNCc1nnnn1-c1ccc(C)c(C(F)(F)F)c1. The average molecular weight is 299 g/mol. The van der Waals surface area contributed by atoms with Gasteiger partial charge in [0, 0.05) is 0 Å². The highest BCUT2D eigenvalue weighted by Crippen LogP contribution is 2.33. The van der Waals surface area contributed by atoms with Crippen molar-refractivity contribution in [2.75, 3.05) is 6.54 Å². The predicted molar refractivity (Wildman–Crippen MR) is 70.9 cm³/mol. The molecule has 1 aromatic carbocycles. The quantitative estimate of drug-likeness (QED) is 0.862. The molecule has 21 heavy (non-hydrogen) atoms. The largest absolute Gasteiger partial charge is 0.416 e. The van der Waals surface area contributed by atoms with E-state index < -0.39 is 11.7 Å². The zero-order chi connectivity index (χ0) is 15.5. The van der Waals surface area contributed by atoms with Crippen LogP contribution in [0.2, 0.25) is 0 Å². The van der Waals surface area contributed by atoms with Crippen LogP contribution in [0, 0.1) is 6.92 Å². The second kappa shape index (κ2) is 6.21. The van der Waals surface area contributed by atoms with Gasteiger partial charge in [-0.05, 0) is 48.0 Å². The molecular weight excluding hydrogens is 283 g/mol. The first kappa shape index (κ1) is 15.4. The number of aromatic nitrogens is 4. The van der Waals surface area contributed by atoms with Crippen molar-refractivity contribution in [3.05, 3.63) is 35.2 Å². The predicted octanol–water partition coefficient (Wildman–Crippen LogP) is 2.49. The number of hydrogen-bond donors (Lipinski definition) is 1. The fraction of sp³-hybridized carbons (Fsp3) is 0.462. The molecule has 1 aromatic heterocycles.